The van der Waals surface area contributed by atoms with Crippen molar-refractivity contribution in [1.29, 1.82) is 21.0 Å². The topological polar surface area (TPSA) is 104 Å². The molecule has 0 spiro atoms. The molecule has 0 fully saturated rings. The molecule has 2 aromatic carbocycles. The van der Waals surface area contributed by atoms with Crippen molar-refractivity contribution >= 4 is 15.9 Å². The summed E-state index contributed by atoms with van der Waals surface area (Å²) in [5.41, 5.74) is -2.41. The van der Waals surface area contributed by atoms with Crippen molar-refractivity contribution < 1.29 is 4.74 Å². The van der Waals surface area contributed by atoms with Crippen LogP contribution in [0, 0.1) is 56.2 Å². The lowest BCUT2D eigenvalue weighted by atomic mass is 9.50. The van der Waals surface area contributed by atoms with E-state index in [1.165, 1.54) is 12.8 Å². The Morgan fingerprint density at radius 2 is 1.21 bits per heavy atom. The zero-order chi connectivity index (χ0) is 24.6. The van der Waals surface area contributed by atoms with Gasteiger partial charge < -0.3 is 4.74 Å². The number of ether oxygens (including phenoxy) is 1. The van der Waals surface area contributed by atoms with E-state index in [2.05, 4.69) is 47.1 Å². The molecule has 0 aromatic heterocycles. The summed E-state index contributed by atoms with van der Waals surface area (Å²) in [5.74, 6) is -0.761. The second-order valence-electron chi connectivity index (χ2n) is 8.43. The summed E-state index contributed by atoms with van der Waals surface area (Å²) in [6.45, 7) is 2.79. The molecule has 0 aliphatic heterocycles. The number of hydrogen-bond acceptors (Lipinski definition) is 5. The maximum absolute atomic E-state index is 10.3. The Kier molecular flexibility index (Phi) is 8.12. The third-order valence-electron chi connectivity index (χ3n) is 6.49. The van der Waals surface area contributed by atoms with Crippen LogP contribution in [0.3, 0.4) is 0 Å². The molecule has 0 amide bonds. The molecule has 5 nitrogen and oxygen atoms in total. The zero-order valence-corrected chi connectivity index (χ0v) is 20.6. The van der Waals surface area contributed by atoms with Crippen LogP contribution >= 0.6 is 15.9 Å². The van der Waals surface area contributed by atoms with Crippen LogP contribution in [0.4, 0.5) is 0 Å². The van der Waals surface area contributed by atoms with Crippen molar-refractivity contribution in [1.82, 2.24) is 0 Å². The number of unbranched alkanes of at least 4 members (excludes halogenated alkanes) is 3. The Morgan fingerprint density at radius 3 is 1.65 bits per heavy atom. The molecule has 0 N–H and O–H groups in total. The first kappa shape index (κ1) is 25.1. The van der Waals surface area contributed by atoms with Gasteiger partial charge >= 0.3 is 0 Å². The molecule has 0 unspecified atom stereocenters. The molecule has 170 valence electrons. The number of nitrogens with zero attached hydrogens (tertiary/aromatic N) is 4. The molecule has 2 atom stereocenters. The van der Waals surface area contributed by atoms with Gasteiger partial charge in [0.05, 0.1) is 30.9 Å². The van der Waals surface area contributed by atoms with Crippen LogP contribution in [0.5, 0.6) is 5.75 Å². The summed E-state index contributed by atoms with van der Waals surface area (Å²) in [6.07, 6.45) is 8.02. The summed E-state index contributed by atoms with van der Waals surface area (Å²) in [5, 5.41) is 41.1. The molecule has 1 aliphatic rings. The lowest BCUT2D eigenvalue weighted by molar-refractivity contribution is 0.231. The fraction of sp³-hybridized carbons (Fsp3) is 0.357. The molecule has 0 saturated carbocycles. The number of allylic oxidation sites excluding steroid dienone is 2. The number of nitriles is 4. The van der Waals surface area contributed by atoms with Gasteiger partial charge in [-0.1, -0.05) is 78.5 Å². The van der Waals surface area contributed by atoms with Crippen LogP contribution in [-0.2, 0) is 0 Å². The number of benzene rings is 2. The third kappa shape index (κ3) is 4.43. The predicted octanol–water partition coefficient (Wildman–Crippen LogP) is 6.91. The molecular formula is C28H25BrN4O. The third-order valence-corrected chi connectivity index (χ3v) is 7.02. The maximum Gasteiger partial charge on any atom is 0.186 e. The number of rotatable bonds is 8. The first-order valence-corrected chi connectivity index (χ1v) is 12.1. The smallest absolute Gasteiger partial charge is 0.186 e. The largest absolute Gasteiger partial charge is 0.494 e. The van der Waals surface area contributed by atoms with Gasteiger partial charge in [-0.2, -0.15) is 21.0 Å². The van der Waals surface area contributed by atoms with E-state index in [-0.39, 0.29) is 0 Å². The van der Waals surface area contributed by atoms with E-state index in [1.54, 1.807) is 36.4 Å². The lowest BCUT2D eigenvalue weighted by Gasteiger charge is -2.43. The van der Waals surface area contributed by atoms with Gasteiger partial charge in [0, 0.05) is 16.3 Å². The van der Waals surface area contributed by atoms with E-state index in [4.69, 9.17) is 4.74 Å². The minimum absolute atomic E-state index is 0.629. The summed E-state index contributed by atoms with van der Waals surface area (Å²) >= 11 is 3.39. The monoisotopic (exact) mass is 512 g/mol. The molecule has 2 aromatic rings. The van der Waals surface area contributed by atoms with E-state index >= 15 is 0 Å². The van der Waals surface area contributed by atoms with Crippen molar-refractivity contribution in [3.8, 4) is 30.0 Å². The molecule has 1 aliphatic carbocycles. The predicted molar refractivity (Wildman–Crippen MR) is 132 cm³/mol. The van der Waals surface area contributed by atoms with Crippen LogP contribution in [0.15, 0.2) is 65.2 Å². The fourth-order valence-electron chi connectivity index (χ4n) is 4.56. The zero-order valence-electron chi connectivity index (χ0n) is 19.0. The van der Waals surface area contributed by atoms with E-state index in [9.17, 15) is 21.0 Å². The first-order valence-electron chi connectivity index (χ1n) is 11.3. The van der Waals surface area contributed by atoms with E-state index < -0.39 is 22.7 Å². The first-order chi connectivity index (χ1) is 16.5. The van der Waals surface area contributed by atoms with Crippen LogP contribution in [-0.4, -0.2) is 6.61 Å². The standard InChI is InChI=1S/C28H25BrN4O/c1-2-3-4-5-16-34-24-12-8-22(9-13-24)26-15-14-25(21-6-10-23(29)11-7-21)27(17-30,18-31)28(26,19-32)20-33/h6-15,25-26H,2-5,16H2,1H3/t25-,26+/m1/s1. The Morgan fingerprint density at radius 1 is 0.735 bits per heavy atom. The van der Waals surface area contributed by atoms with Gasteiger partial charge in [-0.3, -0.25) is 0 Å². The lowest BCUT2D eigenvalue weighted by Crippen LogP contribution is -2.48. The number of hydrogen-bond donors (Lipinski definition) is 0. The van der Waals surface area contributed by atoms with Gasteiger partial charge in [-0.15, -0.1) is 0 Å². The van der Waals surface area contributed by atoms with Crippen LogP contribution in [0.25, 0.3) is 0 Å². The molecular weight excluding hydrogens is 488 g/mol. The number of halogens is 1. The Hall–Kier alpha value is -3.58. The average Bonchev–Trinajstić information content (AvgIpc) is 2.88. The molecule has 0 radical (unpaired) electrons. The highest BCUT2D eigenvalue weighted by molar-refractivity contribution is 9.10. The molecule has 6 heteroatoms. The quantitative estimate of drug-likeness (QED) is 0.282. The molecule has 3 rings (SSSR count). The molecule has 34 heavy (non-hydrogen) atoms. The highest BCUT2D eigenvalue weighted by atomic mass is 79.9. The van der Waals surface area contributed by atoms with Crippen molar-refractivity contribution in [3.63, 3.8) is 0 Å². The fourth-order valence-corrected chi connectivity index (χ4v) is 4.83. The van der Waals surface area contributed by atoms with Crippen LogP contribution < -0.4 is 4.74 Å². The van der Waals surface area contributed by atoms with Crippen molar-refractivity contribution in [2.75, 3.05) is 6.61 Å². The second kappa shape index (κ2) is 11.0. The highest BCUT2D eigenvalue weighted by Gasteiger charge is 2.64. The van der Waals surface area contributed by atoms with Crippen LogP contribution in [0.2, 0.25) is 0 Å². The average molecular weight is 513 g/mol. The summed E-state index contributed by atoms with van der Waals surface area (Å²) in [6, 6.07) is 22.8. The molecule has 0 saturated heterocycles. The van der Waals surface area contributed by atoms with Crippen molar-refractivity contribution in [3.05, 3.63) is 76.3 Å². The Bertz CT molecular complexity index is 1160. The normalized spacial score (nSPS) is 19.7. The van der Waals surface area contributed by atoms with Gasteiger partial charge in [0.25, 0.3) is 0 Å². The molecule has 0 bridgehead atoms. The summed E-state index contributed by atoms with van der Waals surface area (Å²) in [4.78, 5) is 0. The van der Waals surface area contributed by atoms with Gasteiger partial charge in [-0.05, 0) is 41.8 Å². The van der Waals surface area contributed by atoms with Crippen molar-refractivity contribution in [2.45, 2.75) is 44.4 Å². The van der Waals surface area contributed by atoms with Gasteiger partial charge in [0.2, 0.25) is 0 Å². The molecule has 0 heterocycles. The van der Waals surface area contributed by atoms with Crippen LogP contribution in [0.1, 0.15) is 55.6 Å². The summed E-state index contributed by atoms with van der Waals surface area (Å²) in [7, 11) is 0. The highest BCUT2D eigenvalue weighted by Crippen LogP contribution is 2.59. The van der Waals surface area contributed by atoms with Gasteiger partial charge in [-0.25, -0.2) is 0 Å². The Balaban J connectivity index is 1.99. The van der Waals surface area contributed by atoms with E-state index in [0.717, 1.165) is 17.3 Å². The van der Waals surface area contributed by atoms with E-state index in [1.807, 2.05) is 24.3 Å². The minimum Gasteiger partial charge on any atom is -0.494 e. The summed E-state index contributed by atoms with van der Waals surface area (Å²) < 4.78 is 6.67. The minimum atomic E-state index is -1.90. The Labute approximate surface area is 209 Å². The van der Waals surface area contributed by atoms with Crippen molar-refractivity contribution in [2.24, 2.45) is 10.8 Å². The maximum atomic E-state index is 10.3. The second-order valence-corrected chi connectivity index (χ2v) is 9.35. The van der Waals surface area contributed by atoms with E-state index in [0.29, 0.717) is 23.5 Å². The van der Waals surface area contributed by atoms with Gasteiger partial charge in [0.1, 0.15) is 5.75 Å². The van der Waals surface area contributed by atoms with Gasteiger partial charge in [0.15, 0.2) is 10.8 Å². The SMILES string of the molecule is CCCCCCOc1ccc([C@@H]2C=C[C@H](c3ccc(Br)cc3)C(C#N)(C#N)C2(C#N)C#N)cc1.